The molecule has 1 N–H and O–H groups in total. The maximum absolute atomic E-state index is 9.59. The molecule has 2 aromatic rings. The third-order valence-corrected chi connectivity index (χ3v) is 2.48. The molecule has 0 radical (unpaired) electrons. The summed E-state index contributed by atoms with van der Waals surface area (Å²) in [7, 11) is 0. The fourth-order valence-electron chi connectivity index (χ4n) is 1.48. The first-order valence-electron chi connectivity index (χ1n) is 5.36. The molecule has 0 fully saturated rings. The van der Waals surface area contributed by atoms with E-state index in [9.17, 15) is 5.11 Å². The number of rotatable bonds is 4. The van der Waals surface area contributed by atoms with Gasteiger partial charge in [0, 0.05) is 5.56 Å². The van der Waals surface area contributed by atoms with Crippen LogP contribution in [0, 0.1) is 6.92 Å². The molecule has 0 unspecified atom stereocenters. The summed E-state index contributed by atoms with van der Waals surface area (Å²) in [4.78, 5) is 0. The van der Waals surface area contributed by atoms with Crippen LogP contribution in [0.25, 0.3) is 0 Å². The molecule has 0 aliphatic heterocycles. The SMILES string of the molecule is Cc1nonc1COc1ccccc1[C@@H](C)O. The average Bonchev–Trinajstić information content (AvgIpc) is 2.72. The second-order valence-electron chi connectivity index (χ2n) is 3.80. The highest BCUT2D eigenvalue weighted by Crippen LogP contribution is 2.25. The Morgan fingerprint density at radius 1 is 1.35 bits per heavy atom. The van der Waals surface area contributed by atoms with Crippen molar-refractivity contribution in [2.75, 3.05) is 0 Å². The molecule has 0 aliphatic rings. The van der Waals surface area contributed by atoms with E-state index in [0.717, 1.165) is 5.56 Å². The Labute approximate surface area is 99.0 Å². The summed E-state index contributed by atoms with van der Waals surface area (Å²) >= 11 is 0. The summed E-state index contributed by atoms with van der Waals surface area (Å²) in [6, 6.07) is 7.35. The molecular formula is C12H14N2O3. The van der Waals surface area contributed by atoms with Crippen molar-refractivity contribution in [1.29, 1.82) is 0 Å². The number of hydrogen-bond acceptors (Lipinski definition) is 5. The van der Waals surface area contributed by atoms with E-state index in [1.165, 1.54) is 0 Å². The molecule has 5 heteroatoms. The molecule has 1 heterocycles. The highest BCUT2D eigenvalue weighted by Gasteiger charge is 2.10. The highest BCUT2D eigenvalue weighted by atomic mass is 16.6. The van der Waals surface area contributed by atoms with Crippen LogP contribution < -0.4 is 4.74 Å². The Morgan fingerprint density at radius 3 is 2.76 bits per heavy atom. The molecular weight excluding hydrogens is 220 g/mol. The minimum Gasteiger partial charge on any atom is -0.487 e. The first-order chi connectivity index (χ1) is 8.18. The van der Waals surface area contributed by atoms with Crippen LogP contribution in [0.1, 0.15) is 30.0 Å². The number of aryl methyl sites for hydroxylation is 1. The van der Waals surface area contributed by atoms with Crippen LogP contribution in [0.15, 0.2) is 28.9 Å². The standard InChI is InChI=1S/C12H14N2O3/c1-8-11(14-17-13-8)7-16-12-6-4-3-5-10(12)9(2)15/h3-6,9,15H,7H2,1-2H3/t9-/m1/s1. The number of aliphatic hydroxyl groups excluding tert-OH is 1. The Kier molecular flexibility index (Phi) is 3.39. The van der Waals surface area contributed by atoms with E-state index in [2.05, 4.69) is 14.9 Å². The molecule has 2 rings (SSSR count). The monoisotopic (exact) mass is 234 g/mol. The lowest BCUT2D eigenvalue weighted by Crippen LogP contribution is -2.02. The van der Waals surface area contributed by atoms with Crippen LogP contribution in [0.2, 0.25) is 0 Å². The summed E-state index contributed by atoms with van der Waals surface area (Å²) in [6.07, 6.45) is -0.567. The Morgan fingerprint density at radius 2 is 2.12 bits per heavy atom. The van der Waals surface area contributed by atoms with Crippen molar-refractivity contribution in [3.63, 3.8) is 0 Å². The second kappa shape index (κ2) is 4.97. The fraction of sp³-hybridized carbons (Fsp3) is 0.333. The third kappa shape index (κ3) is 2.62. The van der Waals surface area contributed by atoms with Crippen LogP contribution in [0.5, 0.6) is 5.75 Å². The number of nitrogens with zero attached hydrogens (tertiary/aromatic N) is 2. The van der Waals surface area contributed by atoms with Crippen molar-refractivity contribution >= 4 is 0 Å². The molecule has 0 saturated carbocycles. The maximum atomic E-state index is 9.59. The van der Waals surface area contributed by atoms with Crippen LogP contribution in [0.4, 0.5) is 0 Å². The quantitative estimate of drug-likeness (QED) is 0.876. The topological polar surface area (TPSA) is 68.4 Å². The van der Waals surface area contributed by atoms with Gasteiger partial charge in [-0.25, -0.2) is 4.63 Å². The Balaban J connectivity index is 2.11. The van der Waals surface area contributed by atoms with Crippen LogP contribution in [0.3, 0.4) is 0 Å². The van der Waals surface area contributed by atoms with Gasteiger partial charge in [-0.2, -0.15) is 0 Å². The minimum absolute atomic E-state index is 0.277. The predicted molar refractivity (Wildman–Crippen MR) is 60.4 cm³/mol. The number of hydrogen-bond donors (Lipinski definition) is 1. The van der Waals surface area contributed by atoms with Gasteiger partial charge >= 0.3 is 0 Å². The Hall–Kier alpha value is -1.88. The molecule has 0 spiro atoms. The van der Waals surface area contributed by atoms with E-state index in [1.54, 1.807) is 13.8 Å². The van der Waals surface area contributed by atoms with Crippen molar-refractivity contribution in [2.24, 2.45) is 0 Å². The first kappa shape index (κ1) is 11.6. The van der Waals surface area contributed by atoms with Gasteiger partial charge in [0.25, 0.3) is 0 Å². The maximum Gasteiger partial charge on any atom is 0.145 e. The fourth-order valence-corrected chi connectivity index (χ4v) is 1.48. The lowest BCUT2D eigenvalue weighted by Gasteiger charge is -2.12. The number of benzene rings is 1. The van der Waals surface area contributed by atoms with Crippen molar-refractivity contribution in [3.8, 4) is 5.75 Å². The Bertz CT molecular complexity index is 494. The van der Waals surface area contributed by atoms with E-state index >= 15 is 0 Å². The summed E-state index contributed by atoms with van der Waals surface area (Å²) in [5.41, 5.74) is 2.12. The molecule has 5 nitrogen and oxygen atoms in total. The number of para-hydroxylation sites is 1. The van der Waals surface area contributed by atoms with Crippen LogP contribution >= 0.6 is 0 Å². The van der Waals surface area contributed by atoms with Crippen LogP contribution in [-0.4, -0.2) is 15.4 Å². The van der Waals surface area contributed by atoms with Crippen molar-refractivity contribution < 1.29 is 14.5 Å². The minimum atomic E-state index is -0.567. The molecule has 0 bridgehead atoms. The molecule has 0 amide bonds. The molecule has 17 heavy (non-hydrogen) atoms. The summed E-state index contributed by atoms with van der Waals surface area (Å²) in [5, 5.41) is 17.0. The van der Waals surface area contributed by atoms with Gasteiger partial charge in [0.2, 0.25) is 0 Å². The van der Waals surface area contributed by atoms with E-state index < -0.39 is 6.10 Å². The van der Waals surface area contributed by atoms with Gasteiger partial charge in [-0.1, -0.05) is 28.5 Å². The number of aliphatic hydroxyl groups is 1. The van der Waals surface area contributed by atoms with Gasteiger partial charge < -0.3 is 9.84 Å². The summed E-state index contributed by atoms with van der Waals surface area (Å²) in [6.45, 7) is 3.78. The van der Waals surface area contributed by atoms with Gasteiger partial charge in [0.1, 0.15) is 23.7 Å². The first-order valence-corrected chi connectivity index (χ1v) is 5.36. The number of aromatic nitrogens is 2. The largest absolute Gasteiger partial charge is 0.487 e. The predicted octanol–water partition coefficient (Wildman–Crippen LogP) is 2.01. The zero-order valence-corrected chi connectivity index (χ0v) is 9.75. The molecule has 1 atom stereocenters. The molecule has 0 aliphatic carbocycles. The van der Waals surface area contributed by atoms with Crippen molar-refractivity contribution in [1.82, 2.24) is 10.3 Å². The van der Waals surface area contributed by atoms with Crippen LogP contribution in [-0.2, 0) is 6.61 Å². The van der Waals surface area contributed by atoms with E-state index in [0.29, 0.717) is 17.1 Å². The van der Waals surface area contributed by atoms with Gasteiger partial charge in [0.15, 0.2) is 0 Å². The molecule has 1 aromatic heterocycles. The third-order valence-electron chi connectivity index (χ3n) is 2.48. The average molecular weight is 234 g/mol. The van der Waals surface area contributed by atoms with E-state index in [-0.39, 0.29) is 6.61 Å². The van der Waals surface area contributed by atoms with Crippen molar-refractivity contribution in [3.05, 3.63) is 41.2 Å². The summed E-state index contributed by atoms with van der Waals surface area (Å²) in [5.74, 6) is 0.643. The van der Waals surface area contributed by atoms with Gasteiger partial charge in [0.05, 0.1) is 6.10 Å². The second-order valence-corrected chi connectivity index (χ2v) is 3.80. The summed E-state index contributed by atoms with van der Waals surface area (Å²) < 4.78 is 10.2. The molecule has 90 valence electrons. The normalized spacial score (nSPS) is 12.4. The van der Waals surface area contributed by atoms with Gasteiger partial charge in [-0.05, 0) is 19.9 Å². The smallest absolute Gasteiger partial charge is 0.145 e. The molecule has 1 aromatic carbocycles. The highest BCUT2D eigenvalue weighted by molar-refractivity contribution is 5.34. The molecule has 0 saturated heterocycles. The number of ether oxygens (including phenoxy) is 1. The zero-order chi connectivity index (χ0) is 12.3. The van der Waals surface area contributed by atoms with Crippen molar-refractivity contribution in [2.45, 2.75) is 26.6 Å². The van der Waals surface area contributed by atoms with Gasteiger partial charge in [-0.15, -0.1) is 0 Å². The van der Waals surface area contributed by atoms with E-state index in [1.807, 2.05) is 24.3 Å². The zero-order valence-electron chi connectivity index (χ0n) is 9.75. The lowest BCUT2D eigenvalue weighted by molar-refractivity contribution is 0.189. The van der Waals surface area contributed by atoms with Gasteiger partial charge in [-0.3, -0.25) is 0 Å². The lowest BCUT2D eigenvalue weighted by atomic mass is 10.1. The van der Waals surface area contributed by atoms with E-state index in [4.69, 9.17) is 4.74 Å².